The van der Waals surface area contributed by atoms with Crippen molar-refractivity contribution in [1.82, 2.24) is 4.90 Å². The molecule has 2 heterocycles. The number of allylic oxidation sites excluding steroid dienone is 1. The SMILES string of the molecule is C[C@@H]1C=C[C@@H]2C(=O)N(CC(F)(F)F)C(=O)[C@@H]2[C@@H]1C(=O)OC[C@@H]1CCCO1. The number of alkyl halides is 3. The molecule has 3 aliphatic rings. The molecule has 6 nitrogen and oxygen atoms in total. The van der Waals surface area contributed by atoms with Crippen molar-refractivity contribution in [1.29, 1.82) is 0 Å². The highest BCUT2D eigenvalue weighted by Gasteiger charge is 2.56. The molecule has 2 saturated heterocycles. The summed E-state index contributed by atoms with van der Waals surface area (Å²) in [6, 6.07) is 0. The molecule has 0 unspecified atom stereocenters. The van der Waals surface area contributed by atoms with E-state index in [1.165, 1.54) is 6.08 Å². The van der Waals surface area contributed by atoms with Gasteiger partial charge in [-0.1, -0.05) is 19.1 Å². The second-order valence-corrected chi connectivity index (χ2v) is 6.96. The number of hydrogen-bond donors (Lipinski definition) is 0. The topological polar surface area (TPSA) is 72.9 Å². The first-order chi connectivity index (χ1) is 12.2. The monoisotopic (exact) mass is 375 g/mol. The average molecular weight is 375 g/mol. The summed E-state index contributed by atoms with van der Waals surface area (Å²) in [5, 5.41) is 0. The lowest BCUT2D eigenvalue weighted by Crippen LogP contribution is -2.42. The standard InChI is InChI=1S/C17H20F3NO5/c1-9-4-5-11-13(15(23)21(14(11)22)8-17(18,19)20)12(9)16(24)26-7-10-3-2-6-25-10/h4-5,9-13H,2-3,6-8H2,1H3/t9-,10+,11+,12-,13+/m1/s1. The zero-order valence-corrected chi connectivity index (χ0v) is 14.2. The first-order valence-electron chi connectivity index (χ1n) is 8.57. The molecule has 0 aromatic carbocycles. The van der Waals surface area contributed by atoms with Gasteiger partial charge in [-0.3, -0.25) is 19.3 Å². The van der Waals surface area contributed by atoms with E-state index in [2.05, 4.69) is 0 Å². The van der Waals surface area contributed by atoms with Gasteiger partial charge in [-0.15, -0.1) is 0 Å². The second kappa shape index (κ2) is 7.02. The van der Waals surface area contributed by atoms with Gasteiger partial charge in [-0.05, 0) is 18.8 Å². The number of amides is 2. The van der Waals surface area contributed by atoms with Gasteiger partial charge in [-0.25, -0.2) is 0 Å². The second-order valence-electron chi connectivity index (χ2n) is 6.96. The summed E-state index contributed by atoms with van der Waals surface area (Å²) in [6.07, 6.45) is -0.251. The maximum atomic E-state index is 12.7. The van der Waals surface area contributed by atoms with Gasteiger partial charge in [0.05, 0.1) is 23.9 Å². The zero-order chi connectivity index (χ0) is 19.1. The number of halogens is 3. The Labute approximate surface area is 148 Å². The van der Waals surface area contributed by atoms with Crippen LogP contribution in [0.3, 0.4) is 0 Å². The van der Waals surface area contributed by atoms with Gasteiger partial charge in [0.1, 0.15) is 13.2 Å². The van der Waals surface area contributed by atoms with Crippen LogP contribution in [0.1, 0.15) is 19.8 Å². The van der Waals surface area contributed by atoms with Gasteiger partial charge in [0, 0.05) is 6.61 Å². The Morgan fingerprint density at radius 3 is 2.65 bits per heavy atom. The number of fused-ring (bicyclic) bond motifs is 1. The summed E-state index contributed by atoms with van der Waals surface area (Å²) in [6.45, 7) is 0.666. The van der Waals surface area contributed by atoms with Crippen molar-refractivity contribution in [2.24, 2.45) is 23.7 Å². The van der Waals surface area contributed by atoms with Crippen LogP contribution in [0.5, 0.6) is 0 Å². The van der Waals surface area contributed by atoms with Crippen LogP contribution in [0.15, 0.2) is 12.2 Å². The number of carbonyl (C=O) groups excluding carboxylic acids is 3. The summed E-state index contributed by atoms with van der Waals surface area (Å²) in [5.74, 6) is -6.17. The summed E-state index contributed by atoms with van der Waals surface area (Å²) in [4.78, 5) is 37.5. The minimum absolute atomic E-state index is 0.0392. The van der Waals surface area contributed by atoms with Crippen LogP contribution < -0.4 is 0 Å². The summed E-state index contributed by atoms with van der Waals surface area (Å²) in [5.41, 5.74) is 0. The van der Waals surface area contributed by atoms with E-state index in [0.717, 1.165) is 12.8 Å². The molecular formula is C17H20F3NO5. The Bertz CT molecular complexity index is 626. The van der Waals surface area contributed by atoms with Crippen LogP contribution in [-0.4, -0.2) is 54.7 Å². The van der Waals surface area contributed by atoms with Gasteiger partial charge in [0.25, 0.3) is 0 Å². The fourth-order valence-electron chi connectivity index (χ4n) is 3.84. The third-order valence-corrected chi connectivity index (χ3v) is 5.11. The van der Waals surface area contributed by atoms with Crippen molar-refractivity contribution < 1.29 is 37.0 Å². The van der Waals surface area contributed by atoms with Crippen molar-refractivity contribution in [3.63, 3.8) is 0 Å². The fraction of sp³-hybridized carbons (Fsp3) is 0.706. The Kier molecular flexibility index (Phi) is 5.09. The molecule has 0 aromatic heterocycles. The first kappa shape index (κ1) is 18.9. The number of rotatable bonds is 4. The molecule has 2 aliphatic heterocycles. The lowest BCUT2D eigenvalue weighted by molar-refractivity contribution is -0.168. The summed E-state index contributed by atoms with van der Waals surface area (Å²) >= 11 is 0. The van der Waals surface area contributed by atoms with Crippen LogP contribution in [0.2, 0.25) is 0 Å². The van der Waals surface area contributed by atoms with Crippen LogP contribution in [0.25, 0.3) is 0 Å². The summed E-state index contributed by atoms with van der Waals surface area (Å²) < 4.78 is 48.7. The minimum atomic E-state index is -4.69. The Hall–Kier alpha value is -1.90. The molecule has 0 bridgehead atoms. The van der Waals surface area contributed by atoms with E-state index in [1.54, 1.807) is 13.0 Å². The molecule has 26 heavy (non-hydrogen) atoms. The van der Waals surface area contributed by atoms with Crippen LogP contribution in [0, 0.1) is 23.7 Å². The van der Waals surface area contributed by atoms with Crippen molar-refractivity contribution >= 4 is 17.8 Å². The van der Waals surface area contributed by atoms with E-state index in [-0.39, 0.29) is 17.6 Å². The predicted molar refractivity (Wildman–Crippen MR) is 81.5 cm³/mol. The molecule has 2 fully saturated rings. The molecule has 3 rings (SSSR count). The molecule has 1 aliphatic carbocycles. The van der Waals surface area contributed by atoms with Crippen molar-refractivity contribution in [2.45, 2.75) is 32.0 Å². The Balaban J connectivity index is 1.75. The molecule has 2 amide bonds. The van der Waals surface area contributed by atoms with Crippen LogP contribution in [0.4, 0.5) is 13.2 Å². The average Bonchev–Trinajstić information content (AvgIpc) is 3.15. The molecule has 0 saturated carbocycles. The number of carbonyl (C=O) groups is 3. The fourth-order valence-corrected chi connectivity index (χ4v) is 3.84. The van der Waals surface area contributed by atoms with E-state index in [0.29, 0.717) is 6.61 Å². The lowest BCUT2D eigenvalue weighted by Gasteiger charge is -2.30. The number of ether oxygens (including phenoxy) is 2. The summed E-state index contributed by atoms with van der Waals surface area (Å²) in [7, 11) is 0. The zero-order valence-electron chi connectivity index (χ0n) is 14.2. The third-order valence-electron chi connectivity index (χ3n) is 5.11. The van der Waals surface area contributed by atoms with Crippen LogP contribution in [-0.2, 0) is 23.9 Å². The molecule has 5 atom stereocenters. The van der Waals surface area contributed by atoms with Gasteiger partial charge in [0.2, 0.25) is 11.8 Å². The third kappa shape index (κ3) is 3.62. The highest BCUT2D eigenvalue weighted by molar-refractivity contribution is 6.07. The van der Waals surface area contributed by atoms with Crippen molar-refractivity contribution in [2.75, 3.05) is 19.8 Å². The van der Waals surface area contributed by atoms with E-state index in [1.807, 2.05) is 0 Å². The van der Waals surface area contributed by atoms with Gasteiger partial charge < -0.3 is 9.47 Å². The highest BCUT2D eigenvalue weighted by Crippen LogP contribution is 2.42. The molecule has 144 valence electrons. The van der Waals surface area contributed by atoms with Crippen LogP contribution >= 0.6 is 0 Å². The largest absolute Gasteiger partial charge is 0.463 e. The maximum absolute atomic E-state index is 12.7. The van der Waals surface area contributed by atoms with E-state index >= 15 is 0 Å². The predicted octanol–water partition coefficient (Wildman–Crippen LogP) is 1.69. The quantitative estimate of drug-likeness (QED) is 0.425. The van der Waals surface area contributed by atoms with E-state index in [9.17, 15) is 27.6 Å². The molecule has 0 N–H and O–H groups in total. The van der Waals surface area contributed by atoms with Gasteiger partial charge in [0.15, 0.2) is 0 Å². The normalized spacial score (nSPS) is 34.3. The molecular weight excluding hydrogens is 355 g/mol. The first-order valence-corrected chi connectivity index (χ1v) is 8.57. The van der Waals surface area contributed by atoms with Crippen molar-refractivity contribution in [3.8, 4) is 0 Å². The number of hydrogen-bond acceptors (Lipinski definition) is 5. The molecule has 0 radical (unpaired) electrons. The number of imide groups is 1. The number of nitrogens with zero attached hydrogens (tertiary/aromatic N) is 1. The molecule has 0 spiro atoms. The minimum Gasteiger partial charge on any atom is -0.463 e. The molecule has 9 heteroatoms. The molecule has 0 aromatic rings. The van der Waals surface area contributed by atoms with Crippen molar-refractivity contribution in [3.05, 3.63) is 12.2 Å². The highest BCUT2D eigenvalue weighted by atomic mass is 19.4. The van der Waals surface area contributed by atoms with Gasteiger partial charge >= 0.3 is 12.1 Å². The smallest absolute Gasteiger partial charge is 0.406 e. The lowest BCUT2D eigenvalue weighted by atomic mass is 9.72. The number of likely N-dealkylation sites (tertiary alicyclic amines) is 1. The Morgan fingerprint density at radius 1 is 1.31 bits per heavy atom. The number of esters is 1. The maximum Gasteiger partial charge on any atom is 0.406 e. The van der Waals surface area contributed by atoms with E-state index in [4.69, 9.17) is 9.47 Å². The van der Waals surface area contributed by atoms with E-state index < -0.39 is 54.2 Å². The Morgan fingerprint density at radius 2 is 2.04 bits per heavy atom. The van der Waals surface area contributed by atoms with Gasteiger partial charge in [-0.2, -0.15) is 13.2 Å².